The summed E-state index contributed by atoms with van der Waals surface area (Å²) in [4.78, 5) is 14.0. The Morgan fingerprint density at radius 1 is 1.17 bits per heavy atom. The predicted molar refractivity (Wildman–Crippen MR) is 118 cm³/mol. The van der Waals surface area contributed by atoms with Gasteiger partial charge in [-0.15, -0.1) is 0 Å². The summed E-state index contributed by atoms with van der Waals surface area (Å²) in [7, 11) is 1.60. The Hall–Kier alpha value is -2.86. The van der Waals surface area contributed by atoms with E-state index in [-0.39, 0.29) is 5.78 Å². The van der Waals surface area contributed by atoms with E-state index in [4.69, 9.17) is 9.47 Å². The standard InChI is InChI=1S/C24H29N3O3/c1-17(28)19-8-9-22(23(16-19)29-2)30-15-5-12-27-13-10-18(11-14-27)24-20-6-3-4-7-21(20)25-26-24/h3-4,6-9,16,18H,5,10-15H2,1-2H3,(H,25,26). The first-order chi connectivity index (χ1) is 14.7. The molecule has 0 radical (unpaired) electrons. The predicted octanol–water partition coefficient (Wildman–Crippen LogP) is 4.42. The average Bonchev–Trinajstić information content (AvgIpc) is 3.21. The van der Waals surface area contributed by atoms with Gasteiger partial charge in [0.25, 0.3) is 0 Å². The molecule has 2 heterocycles. The lowest BCUT2D eigenvalue weighted by molar-refractivity contribution is 0.101. The minimum Gasteiger partial charge on any atom is -0.493 e. The Morgan fingerprint density at radius 2 is 1.97 bits per heavy atom. The zero-order valence-electron chi connectivity index (χ0n) is 17.7. The molecule has 158 valence electrons. The van der Waals surface area contributed by atoms with E-state index in [9.17, 15) is 4.79 Å². The summed E-state index contributed by atoms with van der Waals surface area (Å²) in [5.74, 6) is 1.84. The number of piperidine rings is 1. The zero-order chi connectivity index (χ0) is 20.9. The van der Waals surface area contributed by atoms with Crippen LogP contribution in [-0.4, -0.2) is 54.2 Å². The highest BCUT2D eigenvalue weighted by atomic mass is 16.5. The molecule has 3 aromatic rings. The van der Waals surface area contributed by atoms with E-state index < -0.39 is 0 Å². The molecule has 1 N–H and O–H groups in total. The van der Waals surface area contributed by atoms with Gasteiger partial charge in [-0.2, -0.15) is 5.10 Å². The van der Waals surface area contributed by atoms with Crippen molar-refractivity contribution >= 4 is 16.7 Å². The Labute approximate surface area is 177 Å². The molecule has 6 nitrogen and oxygen atoms in total. The van der Waals surface area contributed by atoms with Gasteiger partial charge in [-0.3, -0.25) is 9.89 Å². The fraction of sp³-hybridized carbons (Fsp3) is 0.417. The van der Waals surface area contributed by atoms with E-state index in [1.54, 1.807) is 26.2 Å². The second-order valence-electron chi connectivity index (χ2n) is 7.89. The number of fused-ring (bicyclic) bond motifs is 1. The number of benzene rings is 2. The highest BCUT2D eigenvalue weighted by Gasteiger charge is 2.23. The van der Waals surface area contributed by atoms with E-state index >= 15 is 0 Å². The van der Waals surface area contributed by atoms with Gasteiger partial charge in [0, 0.05) is 23.4 Å². The molecule has 2 aromatic carbocycles. The molecule has 4 rings (SSSR count). The van der Waals surface area contributed by atoms with Gasteiger partial charge in [-0.25, -0.2) is 0 Å². The van der Waals surface area contributed by atoms with E-state index in [0.29, 0.717) is 29.6 Å². The Morgan fingerprint density at radius 3 is 2.73 bits per heavy atom. The smallest absolute Gasteiger partial charge is 0.161 e. The third-order valence-electron chi connectivity index (χ3n) is 5.92. The maximum Gasteiger partial charge on any atom is 0.161 e. The van der Waals surface area contributed by atoms with E-state index in [1.807, 2.05) is 12.1 Å². The molecule has 0 unspecified atom stereocenters. The zero-order valence-corrected chi connectivity index (χ0v) is 17.7. The van der Waals surface area contributed by atoms with Crippen LogP contribution in [-0.2, 0) is 0 Å². The fourth-order valence-corrected chi connectivity index (χ4v) is 4.20. The second-order valence-corrected chi connectivity index (χ2v) is 7.89. The third-order valence-corrected chi connectivity index (χ3v) is 5.92. The minimum absolute atomic E-state index is 0.0195. The van der Waals surface area contributed by atoms with Crippen LogP contribution in [0.2, 0.25) is 0 Å². The number of nitrogens with one attached hydrogen (secondary N) is 1. The molecule has 30 heavy (non-hydrogen) atoms. The van der Waals surface area contributed by atoms with Crippen LogP contribution in [0.5, 0.6) is 11.5 Å². The number of ether oxygens (including phenoxy) is 2. The number of ketones is 1. The summed E-state index contributed by atoms with van der Waals surface area (Å²) in [5.41, 5.74) is 2.97. The van der Waals surface area contributed by atoms with Gasteiger partial charge < -0.3 is 14.4 Å². The maximum absolute atomic E-state index is 11.5. The highest BCUT2D eigenvalue weighted by Crippen LogP contribution is 2.31. The van der Waals surface area contributed by atoms with Crippen molar-refractivity contribution in [1.82, 2.24) is 15.1 Å². The maximum atomic E-state index is 11.5. The van der Waals surface area contributed by atoms with Crippen LogP contribution in [0.3, 0.4) is 0 Å². The number of H-pyrrole nitrogens is 1. The van der Waals surface area contributed by atoms with Crippen molar-refractivity contribution in [3.63, 3.8) is 0 Å². The van der Waals surface area contributed by atoms with Gasteiger partial charge in [0.05, 0.1) is 24.9 Å². The second kappa shape index (κ2) is 9.30. The van der Waals surface area contributed by atoms with Crippen LogP contribution < -0.4 is 9.47 Å². The van der Waals surface area contributed by atoms with Crippen LogP contribution in [0, 0.1) is 0 Å². The van der Waals surface area contributed by atoms with Crippen molar-refractivity contribution in [2.75, 3.05) is 33.4 Å². The van der Waals surface area contributed by atoms with E-state index in [2.05, 4.69) is 33.3 Å². The van der Waals surface area contributed by atoms with Crippen molar-refractivity contribution in [1.29, 1.82) is 0 Å². The number of carbonyl (C=O) groups excluding carboxylic acids is 1. The van der Waals surface area contributed by atoms with Crippen LogP contribution in [0.25, 0.3) is 10.9 Å². The van der Waals surface area contributed by atoms with Crippen molar-refractivity contribution in [2.24, 2.45) is 0 Å². The number of aromatic nitrogens is 2. The van der Waals surface area contributed by atoms with Gasteiger partial charge in [0.2, 0.25) is 0 Å². The number of aromatic amines is 1. The number of likely N-dealkylation sites (tertiary alicyclic amines) is 1. The highest BCUT2D eigenvalue weighted by molar-refractivity contribution is 5.94. The Bertz CT molecular complexity index is 1010. The lowest BCUT2D eigenvalue weighted by atomic mass is 9.91. The summed E-state index contributed by atoms with van der Waals surface area (Å²) < 4.78 is 11.3. The van der Waals surface area contributed by atoms with Gasteiger partial charge >= 0.3 is 0 Å². The van der Waals surface area contributed by atoms with Crippen molar-refractivity contribution in [2.45, 2.75) is 32.1 Å². The van der Waals surface area contributed by atoms with Crippen LogP contribution in [0.1, 0.15) is 48.2 Å². The SMILES string of the molecule is COc1cc(C(C)=O)ccc1OCCCN1CCC(c2n[nH]c3ccccc23)CC1. The largest absolute Gasteiger partial charge is 0.493 e. The first-order valence-electron chi connectivity index (χ1n) is 10.6. The molecule has 0 bridgehead atoms. The van der Waals surface area contributed by atoms with Gasteiger partial charge in [-0.1, -0.05) is 18.2 Å². The summed E-state index contributed by atoms with van der Waals surface area (Å²) in [6, 6.07) is 13.7. The first-order valence-corrected chi connectivity index (χ1v) is 10.6. The molecule has 0 atom stereocenters. The van der Waals surface area contributed by atoms with Crippen LogP contribution in [0.15, 0.2) is 42.5 Å². The normalized spacial score (nSPS) is 15.4. The third kappa shape index (κ3) is 4.49. The number of para-hydroxylation sites is 1. The molecule has 1 fully saturated rings. The number of hydrogen-bond acceptors (Lipinski definition) is 5. The topological polar surface area (TPSA) is 67.5 Å². The molecule has 1 aliphatic rings. The summed E-state index contributed by atoms with van der Waals surface area (Å²) in [5, 5.41) is 9.01. The van der Waals surface area contributed by atoms with E-state index in [1.165, 1.54) is 11.1 Å². The molecule has 0 aliphatic carbocycles. The first kappa shape index (κ1) is 20.4. The molecule has 0 amide bonds. The summed E-state index contributed by atoms with van der Waals surface area (Å²) in [6.45, 7) is 5.36. The van der Waals surface area contributed by atoms with Gasteiger partial charge in [0.15, 0.2) is 17.3 Å². The lowest BCUT2D eigenvalue weighted by Crippen LogP contribution is -2.34. The molecule has 1 saturated heterocycles. The molecule has 1 aromatic heterocycles. The Balaban J connectivity index is 1.23. The van der Waals surface area contributed by atoms with Crippen LogP contribution in [0.4, 0.5) is 0 Å². The van der Waals surface area contributed by atoms with Gasteiger partial charge in [0.1, 0.15) is 0 Å². The number of methoxy groups -OCH3 is 1. The molecular formula is C24H29N3O3. The number of hydrogen-bond donors (Lipinski definition) is 1. The number of Topliss-reactive ketones (excluding diaryl/α,β-unsaturated/α-hetero) is 1. The van der Waals surface area contributed by atoms with Crippen molar-refractivity contribution < 1.29 is 14.3 Å². The van der Waals surface area contributed by atoms with Crippen LogP contribution >= 0.6 is 0 Å². The molecule has 6 heteroatoms. The minimum atomic E-state index is 0.0195. The molecule has 1 aliphatic heterocycles. The fourth-order valence-electron chi connectivity index (χ4n) is 4.20. The molecule has 0 spiro atoms. The number of rotatable bonds is 8. The Kier molecular flexibility index (Phi) is 6.33. The van der Waals surface area contributed by atoms with E-state index in [0.717, 1.165) is 44.4 Å². The monoisotopic (exact) mass is 407 g/mol. The van der Waals surface area contributed by atoms with Gasteiger partial charge in [-0.05, 0) is 63.5 Å². The quantitative estimate of drug-likeness (QED) is 0.442. The average molecular weight is 408 g/mol. The number of carbonyl (C=O) groups is 1. The number of nitrogens with zero attached hydrogens (tertiary/aromatic N) is 2. The summed E-state index contributed by atoms with van der Waals surface area (Å²) in [6.07, 6.45) is 3.22. The van der Waals surface area contributed by atoms with Crippen molar-refractivity contribution in [3.05, 3.63) is 53.7 Å². The lowest BCUT2D eigenvalue weighted by Gasteiger charge is -2.31. The summed E-state index contributed by atoms with van der Waals surface area (Å²) >= 11 is 0. The molecule has 0 saturated carbocycles. The molecular weight excluding hydrogens is 378 g/mol. The van der Waals surface area contributed by atoms with Crippen molar-refractivity contribution in [3.8, 4) is 11.5 Å².